The van der Waals surface area contributed by atoms with Crippen LogP contribution in [-0.2, 0) is 0 Å². The minimum Gasteiger partial charge on any atom is -0.370 e. The molecule has 1 unspecified atom stereocenters. The van der Waals surface area contributed by atoms with E-state index in [-0.39, 0.29) is 12.4 Å². The molecule has 0 aromatic heterocycles. The van der Waals surface area contributed by atoms with Crippen LogP contribution in [0.5, 0.6) is 0 Å². The lowest BCUT2D eigenvalue weighted by Gasteiger charge is -2.12. The van der Waals surface area contributed by atoms with Crippen molar-refractivity contribution in [2.45, 2.75) is 12.8 Å². The van der Waals surface area contributed by atoms with E-state index in [9.17, 15) is 0 Å². The summed E-state index contributed by atoms with van der Waals surface area (Å²) in [5.41, 5.74) is 10.9. The van der Waals surface area contributed by atoms with Crippen LogP contribution in [0.3, 0.4) is 0 Å². The Hall–Kier alpha value is -2.78. The number of aliphatic imine (C=N–C) groups is 1. The molecule has 0 heterocycles. The molecule has 4 heteroatoms. The molecule has 26 heavy (non-hydrogen) atoms. The fourth-order valence-corrected chi connectivity index (χ4v) is 3.33. The number of nitrogens with zero attached hydrogens (tertiary/aromatic N) is 1. The van der Waals surface area contributed by atoms with Gasteiger partial charge in [-0.05, 0) is 28.1 Å². The predicted molar refractivity (Wildman–Crippen MR) is 115 cm³/mol. The zero-order valence-corrected chi connectivity index (χ0v) is 15.5. The molecular weight excluding hydrogens is 342 g/mol. The van der Waals surface area contributed by atoms with Crippen LogP contribution in [0.25, 0.3) is 22.9 Å². The zero-order chi connectivity index (χ0) is 17.2. The lowest BCUT2D eigenvalue weighted by molar-refractivity contribution is 0.774. The maximum absolute atomic E-state index is 6.14. The number of anilines is 1. The van der Waals surface area contributed by atoms with Crippen molar-refractivity contribution in [1.82, 2.24) is 0 Å². The molecule has 0 amide bonds. The summed E-state index contributed by atoms with van der Waals surface area (Å²) in [5, 5.41) is 5.73. The van der Waals surface area contributed by atoms with Crippen LogP contribution in [0.2, 0.25) is 0 Å². The summed E-state index contributed by atoms with van der Waals surface area (Å²) in [5.74, 6) is 0.785. The van der Waals surface area contributed by atoms with Crippen molar-refractivity contribution >= 4 is 47.0 Å². The van der Waals surface area contributed by atoms with Crippen LogP contribution >= 0.6 is 12.4 Å². The first-order valence-corrected chi connectivity index (χ1v) is 8.58. The Kier molecular flexibility index (Phi) is 5.29. The van der Waals surface area contributed by atoms with E-state index < -0.39 is 0 Å². The highest BCUT2D eigenvalue weighted by Gasteiger charge is 2.12. The summed E-state index contributed by atoms with van der Waals surface area (Å²) in [4.78, 5) is 4.53. The minimum atomic E-state index is 0. The van der Waals surface area contributed by atoms with Gasteiger partial charge >= 0.3 is 0 Å². The third-order valence-electron chi connectivity index (χ3n) is 4.71. The number of halogens is 1. The zero-order valence-electron chi connectivity index (χ0n) is 14.6. The van der Waals surface area contributed by atoms with Crippen LogP contribution in [0, 0.1) is 0 Å². The third kappa shape index (κ3) is 3.44. The van der Waals surface area contributed by atoms with Crippen molar-refractivity contribution in [1.29, 1.82) is 0 Å². The SMILES string of the molecule is CC(CN=C(N)Nc1ccc2c3c(cccc13)C=C2)c1ccccc1.Cl. The van der Waals surface area contributed by atoms with Gasteiger partial charge < -0.3 is 11.1 Å². The molecule has 1 atom stereocenters. The molecule has 3 N–H and O–H groups in total. The topological polar surface area (TPSA) is 50.4 Å². The van der Waals surface area contributed by atoms with Crippen molar-refractivity contribution in [3.8, 4) is 0 Å². The van der Waals surface area contributed by atoms with Gasteiger partial charge in [0, 0.05) is 23.5 Å². The lowest BCUT2D eigenvalue weighted by Crippen LogP contribution is -2.23. The fourth-order valence-electron chi connectivity index (χ4n) is 3.33. The smallest absolute Gasteiger partial charge is 0.193 e. The summed E-state index contributed by atoms with van der Waals surface area (Å²) in [6.07, 6.45) is 4.31. The first kappa shape index (κ1) is 18.0. The average molecular weight is 364 g/mol. The van der Waals surface area contributed by atoms with Gasteiger partial charge in [-0.25, -0.2) is 0 Å². The minimum absolute atomic E-state index is 0. The molecule has 132 valence electrons. The molecule has 0 saturated heterocycles. The van der Waals surface area contributed by atoms with E-state index in [1.165, 1.54) is 27.5 Å². The van der Waals surface area contributed by atoms with Gasteiger partial charge in [0.2, 0.25) is 0 Å². The largest absolute Gasteiger partial charge is 0.370 e. The number of nitrogens with two attached hydrogens (primary N) is 1. The normalized spacial score (nSPS) is 13.5. The maximum atomic E-state index is 6.14. The molecule has 3 nitrogen and oxygen atoms in total. The second kappa shape index (κ2) is 7.63. The van der Waals surface area contributed by atoms with Crippen molar-refractivity contribution in [2.24, 2.45) is 10.7 Å². The summed E-state index contributed by atoms with van der Waals surface area (Å²) >= 11 is 0. The van der Waals surface area contributed by atoms with Gasteiger partial charge in [0.25, 0.3) is 0 Å². The van der Waals surface area contributed by atoms with Crippen molar-refractivity contribution in [2.75, 3.05) is 11.9 Å². The van der Waals surface area contributed by atoms with Crippen LogP contribution < -0.4 is 11.1 Å². The molecule has 3 aromatic rings. The number of nitrogens with one attached hydrogen (secondary N) is 1. The standard InChI is InChI=1S/C22H21N3.ClH/c1-15(16-6-3-2-4-7-16)14-24-22(23)25-20-13-12-18-11-10-17-8-5-9-19(20)21(17)18;/h2-13,15H,14H2,1H3,(H3,23,24,25);1H. The Balaban J connectivity index is 0.00000196. The molecule has 0 aliphatic heterocycles. The highest BCUT2D eigenvalue weighted by molar-refractivity contribution is 6.11. The van der Waals surface area contributed by atoms with Crippen molar-refractivity contribution < 1.29 is 0 Å². The maximum Gasteiger partial charge on any atom is 0.193 e. The Morgan fingerprint density at radius 1 is 0.962 bits per heavy atom. The molecule has 0 bridgehead atoms. The Labute approximate surface area is 160 Å². The monoisotopic (exact) mass is 363 g/mol. The van der Waals surface area contributed by atoms with Crippen molar-refractivity contribution in [3.05, 3.63) is 77.4 Å². The van der Waals surface area contributed by atoms with Gasteiger partial charge in [0.15, 0.2) is 5.96 Å². The van der Waals surface area contributed by atoms with Crippen LogP contribution in [0.15, 0.2) is 65.7 Å². The van der Waals surface area contributed by atoms with E-state index in [0.29, 0.717) is 18.4 Å². The lowest BCUT2D eigenvalue weighted by atomic mass is 10.0. The third-order valence-corrected chi connectivity index (χ3v) is 4.71. The van der Waals surface area contributed by atoms with Gasteiger partial charge in [-0.2, -0.15) is 0 Å². The van der Waals surface area contributed by atoms with Gasteiger partial charge in [-0.1, -0.05) is 73.7 Å². The first-order valence-electron chi connectivity index (χ1n) is 8.58. The Morgan fingerprint density at radius 3 is 2.46 bits per heavy atom. The van der Waals surface area contributed by atoms with Crippen molar-refractivity contribution in [3.63, 3.8) is 0 Å². The molecule has 0 saturated carbocycles. The van der Waals surface area contributed by atoms with E-state index in [1.807, 2.05) is 6.07 Å². The fraction of sp³-hybridized carbons (Fsp3) is 0.136. The van der Waals surface area contributed by atoms with E-state index in [2.05, 4.69) is 84.0 Å². The molecule has 4 rings (SSSR count). The second-order valence-corrected chi connectivity index (χ2v) is 6.47. The Morgan fingerprint density at radius 2 is 1.69 bits per heavy atom. The highest BCUT2D eigenvalue weighted by Crippen LogP contribution is 2.35. The number of hydrogen-bond donors (Lipinski definition) is 2. The first-order chi connectivity index (χ1) is 12.2. The van der Waals surface area contributed by atoms with Crippen LogP contribution in [-0.4, -0.2) is 12.5 Å². The van der Waals surface area contributed by atoms with E-state index in [0.717, 1.165) is 5.69 Å². The quantitative estimate of drug-likeness (QED) is 0.383. The summed E-state index contributed by atoms with van der Waals surface area (Å²) < 4.78 is 0. The summed E-state index contributed by atoms with van der Waals surface area (Å²) in [7, 11) is 0. The summed E-state index contributed by atoms with van der Waals surface area (Å²) in [6.45, 7) is 2.82. The number of hydrogen-bond acceptors (Lipinski definition) is 1. The number of benzene rings is 3. The molecule has 3 aromatic carbocycles. The highest BCUT2D eigenvalue weighted by atomic mass is 35.5. The van der Waals surface area contributed by atoms with E-state index >= 15 is 0 Å². The van der Waals surface area contributed by atoms with E-state index in [1.54, 1.807) is 0 Å². The number of guanidine groups is 1. The van der Waals surface area contributed by atoms with E-state index in [4.69, 9.17) is 5.73 Å². The number of rotatable bonds is 4. The molecular formula is C22H22ClN3. The molecule has 1 aliphatic rings. The summed E-state index contributed by atoms with van der Waals surface area (Å²) in [6, 6.07) is 20.9. The molecule has 1 aliphatic carbocycles. The second-order valence-electron chi connectivity index (χ2n) is 6.47. The van der Waals surface area contributed by atoms with Gasteiger partial charge in [-0.3, -0.25) is 4.99 Å². The Bertz CT molecular complexity index is 965. The van der Waals surface area contributed by atoms with Gasteiger partial charge in [0.05, 0.1) is 0 Å². The predicted octanol–water partition coefficient (Wildman–Crippen LogP) is 5.28. The molecule has 0 fully saturated rings. The van der Waals surface area contributed by atoms with Crippen LogP contribution in [0.1, 0.15) is 29.5 Å². The molecule has 0 spiro atoms. The average Bonchev–Trinajstić information content (AvgIpc) is 3.07. The molecule has 0 radical (unpaired) electrons. The van der Waals surface area contributed by atoms with Gasteiger partial charge in [-0.15, -0.1) is 12.4 Å². The van der Waals surface area contributed by atoms with Crippen LogP contribution in [0.4, 0.5) is 5.69 Å². The van der Waals surface area contributed by atoms with Gasteiger partial charge in [0.1, 0.15) is 0 Å².